The molecule has 0 atom stereocenters. The van der Waals surface area contributed by atoms with E-state index in [0.29, 0.717) is 17.5 Å². The fourth-order valence-electron chi connectivity index (χ4n) is 8.37. The lowest BCUT2D eigenvalue weighted by Crippen LogP contribution is -2.00. The van der Waals surface area contributed by atoms with E-state index >= 15 is 0 Å². The summed E-state index contributed by atoms with van der Waals surface area (Å²) in [5.74, 6) is 1.86. The molecule has 9 aromatic carbocycles. The predicted octanol–water partition coefficient (Wildman–Crippen LogP) is 14.9. The molecule has 0 saturated carbocycles. The lowest BCUT2D eigenvalue weighted by molar-refractivity contribution is 1.07. The van der Waals surface area contributed by atoms with Crippen LogP contribution in [-0.4, -0.2) is 19.9 Å². The molecule has 0 N–H and O–H groups in total. The van der Waals surface area contributed by atoms with Gasteiger partial charge in [0.1, 0.15) is 0 Å². The van der Waals surface area contributed by atoms with Gasteiger partial charge in [0.2, 0.25) is 0 Å². The topological polar surface area (TPSA) is 51.6 Å². The van der Waals surface area contributed by atoms with E-state index in [1.807, 2.05) is 12.1 Å². The van der Waals surface area contributed by atoms with Crippen molar-refractivity contribution in [2.75, 3.05) is 0 Å². The van der Waals surface area contributed by atoms with Crippen LogP contribution in [0.4, 0.5) is 0 Å². The average Bonchev–Trinajstić information content (AvgIpc) is 3.37. The summed E-state index contributed by atoms with van der Waals surface area (Å²) in [5, 5.41) is 3.46. The van der Waals surface area contributed by atoms with Gasteiger partial charge in [-0.2, -0.15) is 0 Å². The van der Waals surface area contributed by atoms with E-state index in [9.17, 15) is 0 Å². The lowest BCUT2D eigenvalue weighted by atomic mass is 9.92. The van der Waals surface area contributed by atoms with E-state index < -0.39 is 0 Å². The second kappa shape index (κ2) is 16.0. The smallest absolute Gasteiger partial charge is 0.164 e. The van der Waals surface area contributed by atoms with Gasteiger partial charge in [-0.15, -0.1) is 0 Å². The Balaban J connectivity index is 0.990. The molecule has 0 radical (unpaired) electrons. The zero-order valence-electron chi connectivity index (χ0n) is 33.7. The van der Waals surface area contributed by atoms with Crippen LogP contribution in [0.2, 0.25) is 0 Å². The Morgan fingerprint density at radius 2 is 0.597 bits per heavy atom. The number of rotatable bonds is 8. The van der Waals surface area contributed by atoms with Crippen LogP contribution in [0.3, 0.4) is 0 Å². The molecule has 0 bridgehead atoms. The molecular formula is C58H38N4. The van der Waals surface area contributed by atoms with E-state index in [1.165, 1.54) is 27.6 Å². The molecule has 290 valence electrons. The van der Waals surface area contributed by atoms with Gasteiger partial charge >= 0.3 is 0 Å². The minimum absolute atomic E-state index is 0.614. The minimum atomic E-state index is 0.614. The van der Waals surface area contributed by atoms with E-state index in [1.54, 1.807) is 0 Å². The van der Waals surface area contributed by atoms with Gasteiger partial charge in [0.05, 0.1) is 11.2 Å². The molecular weight excluding hydrogens is 753 g/mol. The Hall–Kier alpha value is -8.34. The number of benzene rings is 9. The molecule has 2 aromatic heterocycles. The largest absolute Gasteiger partial charge is 0.247 e. The van der Waals surface area contributed by atoms with Crippen molar-refractivity contribution in [3.05, 3.63) is 231 Å². The van der Waals surface area contributed by atoms with Crippen molar-refractivity contribution in [3.63, 3.8) is 0 Å². The summed E-state index contributed by atoms with van der Waals surface area (Å²) < 4.78 is 0. The van der Waals surface area contributed by atoms with Gasteiger partial charge < -0.3 is 0 Å². The maximum atomic E-state index is 5.35. The maximum Gasteiger partial charge on any atom is 0.164 e. The van der Waals surface area contributed by atoms with Crippen LogP contribution in [0.1, 0.15) is 0 Å². The maximum absolute atomic E-state index is 5.35. The first-order valence-corrected chi connectivity index (χ1v) is 20.9. The Labute approximate surface area is 360 Å². The van der Waals surface area contributed by atoms with E-state index in [4.69, 9.17) is 19.9 Å². The van der Waals surface area contributed by atoms with Crippen LogP contribution >= 0.6 is 0 Å². The summed E-state index contributed by atoms with van der Waals surface area (Å²) in [7, 11) is 0. The molecule has 4 nitrogen and oxygen atoms in total. The fraction of sp³-hybridized carbons (Fsp3) is 0. The van der Waals surface area contributed by atoms with Gasteiger partial charge in [-0.1, -0.05) is 224 Å². The highest BCUT2D eigenvalue weighted by Gasteiger charge is 2.17. The van der Waals surface area contributed by atoms with Crippen molar-refractivity contribution in [1.82, 2.24) is 19.9 Å². The summed E-state index contributed by atoms with van der Waals surface area (Å²) in [6.45, 7) is 0. The third-order valence-electron chi connectivity index (χ3n) is 11.6. The zero-order chi connectivity index (χ0) is 41.2. The van der Waals surface area contributed by atoms with E-state index in [-0.39, 0.29) is 0 Å². The van der Waals surface area contributed by atoms with Gasteiger partial charge in [-0.3, -0.25) is 0 Å². The Kier molecular flexibility index (Phi) is 9.49. The molecule has 62 heavy (non-hydrogen) atoms. The molecule has 4 heteroatoms. The SMILES string of the molecule is c1ccc(-c2ccc(-c3nc(-c4ccc(-c5ccccc5)cc4)nc(-c4ccc(-c5ccc6c(c5)nc(-c5ccccc5)c5cccc(-c7ccccc7)c56)cc4)n3)cc2)cc1. The first kappa shape index (κ1) is 36.7. The van der Waals surface area contributed by atoms with Gasteiger partial charge in [0.15, 0.2) is 17.5 Å². The standard InChI is InChI=1S/C58H38N4/c1-5-14-39(15-6-1)41-24-30-46(31-25-41)56-60-57(47-32-26-42(27-33-47)40-16-7-2-8-17-40)62-58(61-56)48-34-28-43(29-35-48)49-36-37-51-53(38-49)59-55(45-20-11-4-12-21-45)52-23-13-22-50(54(51)52)44-18-9-3-10-19-44/h1-38H. The first-order valence-electron chi connectivity index (χ1n) is 20.9. The third kappa shape index (κ3) is 7.10. The van der Waals surface area contributed by atoms with Crippen LogP contribution in [0.25, 0.3) is 112 Å². The molecule has 0 fully saturated rings. The minimum Gasteiger partial charge on any atom is -0.247 e. The van der Waals surface area contributed by atoms with Crippen LogP contribution in [-0.2, 0) is 0 Å². The Morgan fingerprint density at radius 3 is 1.06 bits per heavy atom. The summed E-state index contributed by atoms with van der Waals surface area (Å²) in [6, 6.07) is 80.5. The number of hydrogen-bond acceptors (Lipinski definition) is 4. The second-order valence-electron chi connectivity index (χ2n) is 15.4. The molecule has 0 aliphatic rings. The highest BCUT2D eigenvalue weighted by atomic mass is 15.0. The molecule has 2 heterocycles. The fourth-order valence-corrected chi connectivity index (χ4v) is 8.37. The quantitative estimate of drug-likeness (QED) is 0.144. The molecule has 0 aliphatic heterocycles. The van der Waals surface area contributed by atoms with Crippen molar-refractivity contribution in [2.24, 2.45) is 0 Å². The number of pyridine rings is 1. The molecule has 0 spiro atoms. The lowest BCUT2D eigenvalue weighted by Gasteiger charge is -2.15. The van der Waals surface area contributed by atoms with Gasteiger partial charge in [-0.05, 0) is 50.6 Å². The van der Waals surface area contributed by atoms with Gasteiger partial charge in [-0.25, -0.2) is 19.9 Å². The average molecular weight is 791 g/mol. The monoisotopic (exact) mass is 790 g/mol. The normalized spacial score (nSPS) is 11.2. The second-order valence-corrected chi connectivity index (χ2v) is 15.4. The van der Waals surface area contributed by atoms with Crippen molar-refractivity contribution >= 4 is 21.7 Å². The van der Waals surface area contributed by atoms with Crippen molar-refractivity contribution < 1.29 is 0 Å². The van der Waals surface area contributed by atoms with Crippen molar-refractivity contribution in [3.8, 4) is 89.9 Å². The molecule has 0 unspecified atom stereocenters. The number of fused-ring (bicyclic) bond motifs is 3. The predicted molar refractivity (Wildman–Crippen MR) is 256 cm³/mol. The summed E-state index contributed by atoms with van der Waals surface area (Å²) in [4.78, 5) is 20.6. The van der Waals surface area contributed by atoms with Gasteiger partial charge in [0.25, 0.3) is 0 Å². The van der Waals surface area contributed by atoms with Crippen LogP contribution < -0.4 is 0 Å². The third-order valence-corrected chi connectivity index (χ3v) is 11.6. The highest BCUT2D eigenvalue weighted by molar-refractivity contribution is 6.17. The molecule has 0 amide bonds. The number of aromatic nitrogens is 4. The zero-order valence-corrected chi connectivity index (χ0v) is 33.7. The molecule has 11 rings (SSSR count). The van der Waals surface area contributed by atoms with E-state index in [2.05, 4.69) is 218 Å². The Bertz CT molecular complexity index is 3230. The van der Waals surface area contributed by atoms with Gasteiger partial charge in [0, 0.05) is 38.4 Å². The highest BCUT2D eigenvalue weighted by Crippen LogP contribution is 2.40. The van der Waals surface area contributed by atoms with Crippen molar-refractivity contribution in [1.29, 1.82) is 0 Å². The van der Waals surface area contributed by atoms with Crippen LogP contribution in [0.5, 0.6) is 0 Å². The molecule has 0 aliphatic carbocycles. The number of hydrogen-bond donors (Lipinski definition) is 0. The Morgan fingerprint density at radius 1 is 0.226 bits per heavy atom. The first-order chi connectivity index (χ1) is 30.7. The van der Waals surface area contributed by atoms with E-state index in [0.717, 1.165) is 66.5 Å². The summed E-state index contributed by atoms with van der Waals surface area (Å²) in [5.41, 5.74) is 14.9. The van der Waals surface area contributed by atoms with Crippen LogP contribution in [0.15, 0.2) is 231 Å². The van der Waals surface area contributed by atoms with Crippen molar-refractivity contribution in [2.45, 2.75) is 0 Å². The molecule has 0 saturated heterocycles. The number of nitrogens with zero attached hydrogens (tertiary/aromatic N) is 4. The summed E-state index contributed by atoms with van der Waals surface area (Å²) >= 11 is 0. The molecule has 11 aromatic rings. The summed E-state index contributed by atoms with van der Waals surface area (Å²) in [6.07, 6.45) is 0. The van der Waals surface area contributed by atoms with Crippen LogP contribution in [0, 0.1) is 0 Å².